The van der Waals surface area contributed by atoms with Crippen LogP contribution in [-0.2, 0) is 11.2 Å². The van der Waals surface area contributed by atoms with Gasteiger partial charge in [-0.3, -0.25) is 15.2 Å². The summed E-state index contributed by atoms with van der Waals surface area (Å²) in [5.41, 5.74) is 10.8. The highest BCUT2D eigenvalue weighted by molar-refractivity contribution is 5.81. The highest BCUT2D eigenvalue weighted by Crippen LogP contribution is 2.17. The largest absolute Gasteiger partial charge is 0.328 e. The van der Waals surface area contributed by atoms with E-state index in [0.717, 1.165) is 18.7 Å². The van der Waals surface area contributed by atoms with Gasteiger partial charge < -0.3 is 5.73 Å². The Balaban J connectivity index is 2.04. The molecule has 4 nitrogen and oxygen atoms in total. The number of rotatable bonds is 3. The molecule has 0 spiro atoms. The maximum absolute atomic E-state index is 11.1. The van der Waals surface area contributed by atoms with E-state index in [4.69, 9.17) is 5.73 Å². The molecule has 1 fully saturated rings. The molecule has 86 valence electrons. The summed E-state index contributed by atoms with van der Waals surface area (Å²) in [6.45, 7) is 2.74. The van der Waals surface area contributed by atoms with E-state index >= 15 is 0 Å². The second kappa shape index (κ2) is 4.53. The molecule has 0 aromatic heterocycles. The molecule has 0 radical (unpaired) electrons. The highest BCUT2D eigenvalue weighted by atomic mass is 16.2. The number of hydrogen-bond acceptors (Lipinski definition) is 3. The summed E-state index contributed by atoms with van der Waals surface area (Å²) in [6, 6.07) is 8.33. The van der Waals surface area contributed by atoms with Crippen molar-refractivity contribution in [2.75, 3.05) is 11.6 Å². The van der Waals surface area contributed by atoms with E-state index in [1.807, 2.05) is 24.1 Å². The molecule has 1 atom stereocenters. The Morgan fingerprint density at radius 2 is 2.12 bits per heavy atom. The van der Waals surface area contributed by atoms with E-state index < -0.39 is 0 Å². The van der Waals surface area contributed by atoms with Crippen molar-refractivity contribution >= 4 is 11.6 Å². The standard InChI is InChI=1S/C12H17N3O/c1-9(13)8-10-2-4-11(5-3-10)15-7-6-12(16)14-15/h2-5,9H,6-8,13H2,1H3,(H,14,16). The third-order valence-corrected chi connectivity index (χ3v) is 2.63. The molecule has 1 aliphatic rings. The van der Waals surface area contributed by atoms with E-state index in [1.165, 1.54) is 5.56 Å². The third-order valence-electron chi connectivity index (χ3n) is 2.63. The van der Waals surface area contributed by atoms with Crippen LogP contribution in [0.2, 0.25) is 0 Å². The van der Waals surface area contributed by atoms with Crippen LogP contribution >= 0.6 is 0 Å². The molecule has 16 heavy (non-hydrogen) atoms. The number of nitrogens with zero attached hydrogens (tertiary/aromatic N) is 1. The first kappa shape index (κ1) is 11.0. The zero-order valence-corrected chi connectivity index (χ0v) is 9.44. The Kier molecular flexibility index (Phi) is 3.10. The van der Waals surface area contributed by atoms with E-state index in [1.54, 1.807) is 0 Å². The van der Waals surface area contributed by atoms with Crippen LogP contribution in [0, 0.1) is 0 Å². The van der Waals surface area contributed by atoms with Gasteiger partial charge in [-0.05, 0) is 31.0 Å². The average molecular weight is 219 g/mol. The van der Waals surface area contributed by atoms with Gasteiger partial charge >= 0.3 is 0 Å². The number of hydrogen-bond donors (Lipinski definition) is 2. The van der Waals surface area contributed by atoms with Crippen molar-refractivity contribution in [3.63, 3.8) is 0 Å². The maximum atomic E-state index is 11.1. The molecule has 0 bridgehead atoms. The van der Waals surface area contributed by atoms with Gasteiger partial charge in [-0.2, -0.15) is 0 Å². The van der Waals surface area contributed by atoms with E-state index in [9.17, 15) is 4.79 Å². The smallest absolute Gasteiger partial charge is 0.240 e. The fourth-order valence-electron chi connectivity index (χ4n) is 1.85. The lowest BCUT2D eigenvalue weighted by Crippen LogP contribution is -2.32. The number of nitrogens with one attached hydrogen (secondary N) is 1. The first-order valence-electron chi connectivity index (χ1n) is 5.56. The predicted molar refractivity (Wildman–Crippen MR) is 63.9 cm³/mol. The van der Waals surface area contributed by atoms with Crippen LogP contribution in [0.5, 0.6) is 0 Å². The SMILES string of the molecule is CC(N)Cc1ccc(N2CCC(=O)N2)cc1. The second-order valence-electron chi connectivity index (χ2n) is 4.28. The first-order chi connectivity index (χ1) is 7.65. The van der Waals surface area contributed by atoms with Crippen molar-refractivity contribution in [2.45, 2.75) is 25.8 Å². The molecule has 1 amide bonds. The average Bonchev–Trinajstić information content (AvgIpc) is 2.65. The van der Waals surface area contributed by atoms with Crippen molar-refractivity contribution in [1.82, 2.24) is 5.43 Å². The monoisotopic (exact) mass is 219 g/mol. The number of amides is 1. The summed E-state index contributed by atoms with van der Waals surface area (Å²) < 4.78 is 0. The van der Waals surface area contributed by atoms with Crippen LogP contribution in [0.4, 0.5) is 5.69 Å². The molecular formula is C12H17N3O. The minimum atomic E-state index is 0.0830. The van der Waals surface area contributed by atoms with E-state index in [-0.39, 0.29) is 11.9 Å². The minimum absolute atomic E-state index is 0.0830. The van der Waals surface area contributed by atoms with Gasteiger partial charge in [-0.25, -0.2) is 0 Å². The quantitative estimate of drug-likeness (QED) is 0.791. The second-order valence-corrected chi connectivity index (χ2v) is 4.28. The van der Waals surface area contributed by atoms with Crippen LogP contribution in [0.25, 0.3) is 0 Å². The Labute approximate surface area is 95.4 Å². The van der Waals surface area contributed by atoms with Crippen LogP contribution in [0.1, 0.15) is 18.9 Å². The minimum Gasteiger partial charge on any atom is -0.328 e. The van der Waals surface area contributed by atoms with Gasteiger partial charge in [0.05, 0.1) is 5.69 Å². The Morgan fingerprint density at radius 3 is 2.62 bits per heavy atom. The lowest BCUT2D eigenvalue weighted by molar-refractivity contribution is -0.119. The van der Waals surface area contributed by atoms with Crippen molar-refractivity contribution < 1.29 is 4.79 Å². The molecule has 1 unspecified atom stereocenters. The zero-order chi connectivity index (χ0) is 11.5. The van der Waals surface area contributed by atoms with Gasteiger partial charge in [0, 0.05) is 19.0 Å². The summed E-state index contributed by atoms with van der Waals surface area (Å²) in [6.07, 6.45) is 1.45. The Morgan fingerprint density at radius 1 is 1.44 bits per heavy atom. The summed E-state index contributed by atoms with van der Waals surface area (Å²) in [7, 11) is 0. The molecule has 0 aliphatic carbocycles. The van der Waals surface area contributed by atoms with Crippen LogP contribution in [0.15, 0.2) is 24.3 Å². The van der Waals surface area contributed by atoms with Crippen molar-refractivity contribution in [3.05, 3.63) is 29.8 Å². The number of carbonyl (C=O) groups is 1. The van der Waals surface area contributed by atoms with Crippen LogP contribution < -0.4 is 16.2 Å². The molecule has 1 heterocycles. The predicted octanol–water partition coefficient (Wildman–Crippen LogP) is 0.818. The van der Waals surface area contributed by atoms with Crippen molar-refractivity contribution in [3.8, 4) is 0 Å². The summed E-state index contributed by atoms with van der Waals surface area (Å²) in [5, 5.41) is 1.87. The summed E-state index contributed by atoms with van der Waals surface area (Å²) in [5.74, 6) is 0.0830. The van der Waals surface area contributed by atoms with Crippen LogP contribution in [0.3, 0.4) is 0 Å². The fourth-order valence-corrected chi connectivity index (χ4v) is 1.85. The van der Waals surface area contributed by atoms with Gasteiger partial charge in [0.2, 0.25) is 5.91 Å². The number of hydrazine groups is 1. The Bertz CT molecular complexity index is 372. The van der Waals surface area contributed by atoms with Gasteiger partial charge in [0.1, 0.15) is 0 Å². The van der Waals surface area contributed by atoms with Crippen molar-refractivity contribution in [1.29, 1.82) is 0 Å². The van der Waals surface area contributed by atoms with Crippen LogP contribution in [-0.4, -0.2) is 18.5 Å². The number of carbonyl (C=O) groups excluding carboxylic acids is 1. The summed E-state index contributed by atoms with van der Waals surface area (Å²) in [4.78, 5) is 11.1. The topological polar surface area (TPSA) is 58.4 Å². The third kappa shape index (κ3) is 2.52. The molecule has 3 N–H and O–H groups in total. The molecular weight excluding hydrogens is 202 g/mol. The normalized spacial score (nSPS) is 17.4. The van der Waals surface area contributed by atoms with E-state index in [2.05, 4.69) is 17.6 Å². The highest BCUT2D eigenvalue weighted by Gasteiger charge is 2.18. The lowest BCUT2D eigenvalue weighted by atomic mass is 10.1. The number of benzene rings is 1. The van der Waals surface area contributed by atoms with Gasteiger partial charge in [0.15, 0.2) is 0 Å². The van der Waals surface area contributed by atoms with Crippen molar-refractivity contribution in [2.24, 2.45) is 5.73 Å². The maximum Gasteiger partial charge on any atom is 0.240 e. The van der Waals surface area contributed by atoms with Gasteiger partial charge in [-0.1, -0.05) is 12.1 Å². The molecule has 4 heteroatoms. The Hall–Kier alpha value is -1.55. The fraction of sp³-hybridized carbons (Fsp3) is 0.417. The lowest BCUT2D eigenvalue weighted by Gasteiger charge is -2.17. The van der Waals surface area contributed by atoms with Gasteiger partial charge in [-0.15, -0.1) is 0 Å². The molecule has 1 saturated heterocycles. The first-order valence-corrected chi connectivity index (χ1v) is 5.56. The summed E-state index contributed by atoms with van der Waals surface area (Å²) >= 11 is 0. The van der Waals surface area contributed by atoms with E-state index in [0.29, 0.717) is 6.42 Å². The molecule has 1 aromatic rings. The molecule has 0 saturated carbocycles. The molecule has 2 rings (SSSR count). The molecule has 1 aliphatic heterocycles. The zero-order valence-electron chi connectivity index (χ0n) is 9.44. The van der Waals surface area contributed by atoms with Gasteiger partial charge in [0.25, 0.3) is 0 Å². The number of nitrogens with two attached hydrogens (primary N) is 1. The number of anilines is 1. The molecule has 1 aromatic carbocycles.